The van der Waals surface area contributed by atoms with Crippen LogP contribution in [0.1, 0.15) is 37.8 Å². The van der Waals surface area contributed by atoms with E-state index in [4.69, 9.17) is 0 Å². The Morgan fingerprint density at radius 3 is 2.67 bits per heavy atom. The van der Waals surface area contributed by atoms with Crippen LogP contribution in [0.5, 0.6) is 0 Å². The number of fused-ring (bicyclic) bond motifs is 1. The van der Waals surface area contributed by atoms with E-state index in [9.17, 15) is 4.79 Å². The summed E-state index contributed by atoms with van der Waals surface area (Å²) in [4.78, 5) is 14.1. The van der Waals surface area contributed by atoms with Crippen LogP contribution in [-0.2, 0) is 11.2 Å². The highest BCUT2D eigenvalue weighted by Gasteiger charge is 2.43. The number of nitrogens with zero attached hydrogens (tertiary/aromatic N) is 1. The van der Waals surface area contributed by atoms with Crippen LogP contribution in [0.2, 0.25) is 0 Å². The Morgan fingerprint density at radius 1 is 1.33 bits per heavy atom. The molecule has 3 rings (SSSR count). The van der Waals surface area contributed by atoms with Gasteiger partial charge < -0.3 is 4.90 Å². The summed E-state index contributed by atoms with van der Waals surface area (Å²) in [6, 6.07) is 6.92. The molecule has 2 aliphatic rings. The first-order valence-electron chi connectivity index (χ1n) is 6.97. The summed E-state index contributed by atoms with van der Waals surface area (Å²) in [5.74, 6) is 1.51. The molecule has 0 radical (unpaired) electrons. The molecule has 96 valence electrons. The van der Waals surface area contributed by atoms with Gasteiger partial charge in [-0.25, -0.2) is 0 Å². The topological polar surface area (TPSA) is 20.3 Å². The van der Waals surface area contributed by atoms with Crippen LogP contribution in [0.3, 0.4) is 0 Å². The van der Waals surface area contributed by atoms with Gasteiger partial charge in [0.1, 0.15) is 0 Å². The van der Waals surface area contributed by atoms with Crippen molar-refractivity contribution in [2.45, 2.75) is 46.1 Å². The molecule has 18 heavy (non-hydrogen) atoms. The summed E-state index contributed by atoms with van der Waals surface area (Å²) in [6.45, 7) is 6.12. The van der Waals surface area contributed by atoms with E-state index in [-0.39, 0.29) is 5.91 Å². The first-order valence-corrected chi connectivity index (χ1v) is 6.97. The molecule has 0 aromatic heterocycles. The number of carbonyl (C=O) groups is 1. The third-order valence-corrected chi connectivity index (χ3v) is 4.36. The lowest BCUT2D eigenvalue weighted by Gasteiger charge is -2.41. The number of amides is 1. The Morgan fingerprint density at radius 2 is 2.06 bits per heavy atom. The van der Waals surface area contributed by atoms with Gasteiger partial charge in [0.05, 0.1) is 0 Å². The average Bonchev–Trinajstić information content (AvgIpc) is 3.10. The molecule has 0 saturated heterocycles. The highest BCUT2D eigenvalue weighted by Crippen LogP contribution is 2.45. The lowest BCUT2D eigenvalue weighted by Crippen LogP contribution is -2.48. The van der Waals surface area contributed by atoms with Gasteiger partial charge in [-0.1, -0.05) is 24.6 Å². The lowest BCUT2D eigenvalue weighted by atomic mass is 9.84. The Bertz CT molecular complexity index is 490. The minimum Gasteiger partial charge on any atom is -0.309 e. The number of hydrogen-bond acceptors (Lipinski definition) is 1. The molecule has 1 heterocycles. The summed E-state index contributed by atoms with van der Waals surface area (Å²) >= 11 is 0. The van der Waals surface area contributed by atoms with Crippen LogP contribution in [0.25, 0.3) is 0 Å². The third kappa shape index (κ3) is 1.84. The molecule has 1 aromatic carbocycles. The van der Waals surface area contributed by atoms with E-state index in [2.05, 4.69) is 36.9 Å². The fourth-order valence-electron chi connectivity index (χ4n) is 3.49. The fourth-order valence-corrected chi connectivity index (χ4v) is 3.49. The number of carbonyl (C=O) groups excluding carboxylic acids is 1. The van der Waals surface area contributed by atoms with Crippen molar-refractivity contribution in [3.05, 3.63) is 29.3 Å². The molecule has 2 atom stereocenters. The molecule has 0 spiro atoms. The molecule has 1 saturated carbocycles. The predicted molar refractivity (Wildman–Crippen MR) is 73.7 cm³/mol. The Hall–Kier alpha value is -1.31. The van der Waals surface area contributed by atoms with E-state index in [1.807, 2.05) is 0 Å². The van der Waals surface area contributed by atoms with Gasteiger partial charge in [0.15, 0.2) is 0 Å². The van der Waals surface area contributed by atoms with Crippen LogP contribution < -0.4 is 4.90 Å². The summed E-state index contributed by atoms with van der Waals surface area (Å²) < 4.78 is 0. The van der Waals surface area contributed by atoms with Crippen molar-refractivity contribution in [2.24, 2.45) is 11.8 Å². The molecule has 1 aromatic rings. The number of benzene rings is 1. The van der Waals surface area contributed by atoms with Gasteiger partial charge in [0, 0.05) is 18.7 Å². The smallest absolute Gasteiger partial charge is 0.224 e. The van der Waals surface area contributed by atoms with Crippen molar-refractivity contribution in [1.82, 2.24) is 0 Å². The second-order valence-electron chi connectivity index (χ2n) is 6.03. The minimum absolute atomic E-state index is 0.198. The summed E-state index contributed by atoms with van der Waals surface area (Å²) in [7, 11) is 0. The Labute approximate surface area is 109 Å². The Balaban J connectivity index is 2.07. The van der Waals surface area contributed by atoms with Crippen molar-refractivity contribution in [3.63, 3.8) is 0 Å². The van der Waals surface area contributed by atoms with E-state index >= 15 is 0 Å². The van der Waals surface area contributed by atoms with Crippen molar-refractivity contribution in [2.75, 3.05) is 4.90 Å². The molecule has 1 fully saturated rings. The SMILES string of the molecule is CC(=O)N1c2ccc(C)cc2CC(C)[C@@H]1C1CC1. The average molecular weight is 243 g/mol. The first-order chi connectivity index (χ1) is 8.58. The highest BCUT2D eigenvalue weighted by atomic mass is 16.2. The quantitative estimate of drug-likeness (QED) is 0.741. The maximum absolute atomic E-state index is 12.1. The zero-order chi connectivity index (χ0) is 12.9. The van der Waals surface area contributed by atoms with Gasteiger partial charge in [-0.05, 0) is 49.7 Å². The van der Waals surface area contributed by atoms with Gasteiger partial charge >= 0.3 is 0 Å². The number of hydrogen-bond donors (Lipinski definition) is 0. The standard InChI is InChI=1S/C16H21NO/c1-10-4-7-15-14(8-10)9-11(2)16(13-5-6-13)17(15)12(3)18/h4,7-8,11,13,16H,5-6,9H2,1-3H3/t11?,16-/m1/s1. The summed E-state index contributed by atoms with van der Waals surface area (Å²) in [5.41, 5.74) is 3.78. The van der Waals surface area contributed by atoms with Crippen molar-refractivity contribution < 1.29 is 4.79 Å². The molecule has 2 nitrogen and oxygen atoms in total. The molecular formula is C16H21NO. The van der Waals surface area contributed by atoms with Crippen LogP contribution >= 0.6 is 0 Å². The lowest BCUT2D eigenvalue weighted by molar-refractivity contribution is -0.117. The molecule has 2 heteroatoms. The van der Waals surface area contributed by atoms with Gasteiger partial charge in [-0.2, -0.15) is 0 Å². The van der Waals surface area contributed by atoms with Crippen LogP contribution in [0.4, 0.5) is 5.69 Å². The fraction of sp³-hybridized carbons (Fsp3) is 0.562. The molecule has 1 aliphatic carbocycles. The van der Waals surface area contributed by atoms with E-state index in [1.54, 1.807) is 6.92 Å². The second-order valence-corrected chi connectivity index (χ2v) is 6.03. The van der Waals surface area contributed by atoms with Crippen LogP contribution in [0, 0.1) is 18.8 Å². The molecule has 0 N–H and O–H groups in total. The van der Waals surface area contributed by atoms with Crippen molar-refractivity contribution in [1.29, 1.82) is 0 Å². The number of rotatable bonds is 1. The van der Waals surface area contributed by atoms with Crippen molar-refractivity contribution in [3.8, 4) is 0 Å². The third-order valence-electron chi connectivity index (χ3n) is 4.36. The monoisotopic (exact) mass is 243 g/mol. The van der Waals surface area contributed by atoms with Crippen LogP contribution in [-0.4, -0.2) is 11.9 Å². The minimum atomic E-state index is 0.198. The van der Waals surface area contributed by atoms with Gasteiger partial charge in [-0.3, -0.25) is 4.79 Å². The number of aryl methyl sites for hydroxylation is 1. The highest BCUT2D eigenvalue weighted by molar-refractivity contribution is 5.93. The molecule has 1 amide bonds. The van der Waals surface area contributed by atoms with E-state index < -0.39 is 0 Å². The van der Waals surface area contributed by atoms with E-state index in [0.29, 0.717) is 12.0 Å². The van der Waals surface area contributed by atoms with E-state index in [0.717, 1.165) is 18.0 Å². The molecular weight excluding hydrogens is 222 g/mol. The maximum atomic E-state index is 12.1. The zero-order valence-corrected chi connectivity index (χ0v) is 11.4. The van der Waals surface area contributed by atoms with Crippen molar-refractivity contribution >= 4 is 11.6 Å². The first kappa shape index (κ1) is 11.8. The second kappa shape index (κ2) is 4.11. The molecule has 1 unspecified atom stereocenters. The van der Waals surface area contributed by atoms with Gasteiger partial charge in [0.25, 0.3) is 0 Å². The molecule has 0 bridgehead atoms. The van der Waals surface area contributed by atoms with Gasteiger partial charge in [0.2, 0.25) is 5.91 Å². The maximum Gasteiger partial charge on any atom is 0.224 e. The van der Waals surface area contributed by atoms with Crippen LogP contribution in [0.15, 0.2) is 18.2 Å². The zero-order valence-electron chi connectivity index (χ0n) is 11.4. The predicted octanol–water partition coefficient (Wildman–Crippen LogP) is 3.32. The summed E-state index contributed by atoms with van der Waals surface area (Å²) in [6.07, 6.45) is 3.70. The normalized spacial score (nSPS) is 26.9. The van der Waals surface area contributed by atoms with Gasteiger partial charge in [-0.15, -0.1) is 0 Å². The Kier molecular flexibility index (Phi) is 2.69. The summed E-state index contributed by atoms with van der Waals surface area (Å²) in [5, 5.41) is 0. The largest absolute Gasteiger partial charge is 0.309 e. The van der Waals surface area contributed by atoms with E-state index in [1.165, 1.54) is 24.0 Å². The number of anilines is 1. The molecule has 1 aliphatic heterocycles.